The average molecular weight is 222 g/mol. The van der Waals surface area contributed by atoms with Gasteiger partial charge in [-0.05, 0) is 37.3 Å². The predicted molar refractivity (Wildman–Crippen MR) is 60.9 cm³/mol. The Hall–Kier alpha value is -1.29. The van der Waals surface area contributed by atoms with E-state index >= 15 is 0 Å². The SMILES string of the molecule is O=C(Cc1ccc[nH]1)NC(CCO)C1CC1. The van der Waals surface area contributed by atoms with Gasteiger partial charge in [0.15, 0.2) is 0 Å². The van der Waals surface area contributed by atoms with Crippen molar-refractivity contribution in [1.29, 1.82) is 0 Å². The molecule has 1 unspecified atom stereocenters. The van der Waals surface area contributed by atoms with Crippen LogP contribution in [0.25, 0.3) is 0 Å². The van der Waals surface area contributed by atoms with E-state index in [1.54, 1.807) is 0 Å². The van der Waals surface area contributed by atoms with Crippen molar-refractivity contribution in [2.45, 2.75) is 31.7 Å². The van der Waals surface area contributed by atoms with Crippen LogP contribution in [-0.4, -0.2) is 28.6 Å². The Kier molecular flexibility index (Phi) is 3.62. The second-order valence-electron chi connectivity index (χ2n) is 4.40. The number of aliphatic hydroxyl groups is 1. The van der Waals surface area contributed by atoms with Gasteiger partial charge >= 0.3 is 0 Å². The van der Waals surface area contributed by atoms with E-state index < -0.39 is 0 Å². The Balaban J connectivity index is 1.80. The monoisotopic (exact) mass is 222 g/mol. The highest BCUT2D eigenvalue weighted by molar-refractivity contribution is 5.78. The van der Waals surface area contributed by atoms with E-state index in [-0.39, 0.29) is 18.6 Å². The normalized spacial score (nSPS) is 17.1. The lowest BCUT2D eigenvalue weighted by molar-refractivity contribution is -0.121. The number of aliphatic hydroxyl groups excluding tert-OH is 1. The molecule has 4 heteroatoms. The number of H-pyrrole nitrogens is 1. The van der Waals surface area contributed by atoms with Crippen molar-refractivity contribution in [2.75, 3.05) is 6.61 Å². The van der Waals surface area contributed by atoms with Crippen LogP contribution in [0, 0.1) is 5.92 Å². The Bertz CT molecular complexity index is 331. The first-order valence-corrected chi connectivity index (χ1v) is 5.82. The number of aromatic amines is 1. The molecule has 0 saturated heterocycles. The maximum Gasteiger partial charge on any atom is 0.226 e. The molecule has 4 nitrogen and oxygen atoms in total. The van der Waals surface area contributed by atoms with Crippen LogP contribution < -0.4 is 5.32 Å². The number of rotatable bonds is 6. The van der Waals surface area contributed by atoms with Crippen LogP contribution >= 0.6 is 0 Å². The van der Waals surface area contributed by atoms with Crippen molar-refractivity contribution in [1.82, 2.24) is 10.3 Å². The minimum atomic E-state index is 0.0350. The molecule has 1 fully saturated rings. The third-order valence-electron chi connectivity index (χ3n) is 2.99. The molecule has 1 aliphatic carbocycles. The summed E-state index contributed by atoms with van der Waals surface area (Å²) in [5.41, 5.74) is 0.927. The predicted octanol–water partition coefficient (Wildman–Crippen LogP) is 0.834. The van der Waals surface area contributed by atoms with Crippen molar-refractivity contribution in [3.8, 4) is 0 Å². The van der Waals surface area contributed by atoms with E-state index in [4.69, 9.17) is 5.11 Å². The molecular weight excluding hydrogens is 204 g/mol. The summed E-state index contributed by atoms with van der Waals surface area (Å²) in [4.78, 5) is 14.7. The van der Waals surface area contributed by atoms with Crippen molar-refractivity contribution >= 4 is 5.91 Å². The van der Waals surface area contributed by atoms with Crippen LogP contribution in [0.3, 0.4) is 0 Å². The fourth-order valence-electron chi connectivity index (χ4n) is 1.97. The maximum atomic E-state index is 11.7. The molecule has 1 aromatic rings. The average Bonchev–Trinajstić information content (AvgIpc) is 2.98. The molecule has 1 amide bonds. The molecule has 1 heterocycles. The van der Waals surface area contributed by atoms with Crippen LogP contribution in [0.2, 0.25) is 0 Å². The van der Waals surface area contributed by atoms with Crippen LogP contribution in [0.5, 0.6) is 0 Å². The van der Waals surface area contributed by atoms with E-state index in [0.29, 0.717) is 18.8 Å². The van der Waals surface area contributed by atoms with E-state index in [1.165, 1.54) is 12.8 Å². The van der Waals surface area contributed by atoms with Gasteiger partial charge in [0.1, 0.15) is 0 Å². The highest BCUT2D eigenvalue weighted by Crippen LogP contribution is 2.33. The standard InChI is InChI=1S/C12H18N2O2/c15-7-5-11(9-3-4-9)14-12(16)8-10-2-1-6-13-10/h1-2,6,9,11,13,15H,3-5,7-8H2,(H,14,16). The summed E-state index contributed by atoms with van der Waals surface area (Å²) in [6.45, 7) is 0.143. The molecule has 0 aromatic carbocycles. The highest BCUT2D eigenvalue weighted by Gasteiger charge is 2.31. The minimum absolute atomic E-state index is 0.0350. The van der Waals surface area contributed by atoms with Gasteiger partial charge in [0.25, 0.3) is 0 Å². The quantitative estimate of drug-likeness (QED) is 0.667. The lowest BCUT2D eigenvalue weighted by Gasteiger charge is -2.16. The number of hydrogen-bond donors (Lipinski definition) is 3. The Labute approximate surface area is 95.1 Å². The van der Waals surface area contributed by atoms with E-state index in [2.05, 4.69) is 10.3 Å². The zero-order chi connectivity index (χ0) is 11.4. The van der Waals surface area contributed by atoms with Crippen molar-refractivity contribution in [2.24, 2.45) is 5.92 Å². The molecular formula is C12H18N2O2. The summed E-state index contributed by atoms with van der Waals surface area (Å²) in [7, 11) is 0. The maximum absolute atomic E-state index is 11.7. The summed E-state index contributed by atoms with van der Waals surface area (Å²) in [6, 6.07) is 3.94. The van der Waals surface area contributed by atoms with Gasteiger partial charge < -0.3 is 15.4 Å². The minimum Gasteiger partial charge on any atom is -0.396 e. The molecule has 1 saturated carbocycles. The molecule has 88 valence electrons. The van der Waals surface area contributed by atoms with Crippen LogP contribution in [0.15, 0.2) is 18.3 Å². The Morgan fingerprint density at radius 3 is 3.00 bits per heavy atom. The number of amides is 1. The molecule has 1 atom stereocenters. The second-order valence-corrected chi connectivity index (χ2v) is 4.40. The van der Waals surface area contributed by atoms with Gasteiger partial charge in [0, 0.05) is 24.5 Å². The first kappa shape index (κ1) is 11.2. The van der Waals surface area contributed by atoms with Gasteiger partial charge in [-0.2, -0.15) is 0 Å². The third kappa shape index (κ3) is 3.10. The zero-order valence-corrected chi connectivity index (χ0v) is 9.28. The molecule has 0 radical (unpaired) electrons. The number of hydrogen-bond acceptors (Lipinski definition) is 2. The molecule has 1 aromatic heterocycles. The molecule has 16 heavy (non-hydrogen) atoms. The molecule has 0 aliphatic heterocycles. The van der Waals surface area contributed by atoms with Crippen molar-refractivity contribution < 1.29 is 9.90 Å². The van der Waals surface area contributed by atoms with Gasteiger partial charge in [-0.3, -0.25) is 4.79 Å². The zero-order valence-electron chi connectivity index (χ0n) is 9.28. The van der Waals surface area contributed by atoms with Crippen LogP contribution in [0.1, 0.15) is 25.0 Å². The highest BCUT2D eigenvalue weighted by atomic mass is 16.3. The molecule has 0 bridgehead atoms. The van der Waals surface area contributed by atoms with E-state index in [1.807, 2.05) is 18.3 Å². The molecule has 2 rings (SSSR count). The second kappa shape index (κ2) is 5.16. The number of carbonyl (C=O) groups is 1. The van der Waals surface area contributed by atoms with Gasteiger partial charge in [-0.1, -0.05) is 0 Å². The van der Waals surface area contributed by atoms with E-state index in [0.717, 1.165) is 5.69 Å². The van der Waals surface area contributed by atoms with Crippen molar-refractivity contribution in [3.63, 3.8) is 0 Å². The van der Waals surface area contributed by atoms with Crippen LogP contribution in [0.4, 0.5) is 0 Å². The topological polar surface area (TPSA) is 65.1 Å². The number of aromatic nitrogens is 1. The van der Waals surface area contributed by atoms with Gasteiger partial charge in [0.2, 0.25) is 5.91 Å². The summed E-state index contributed by atoms with van der Waals surface area (Å²) in [5, 5.41) is 11.9. The molecule has 3 N–H and O–H groups in total. The summed E-state index contributed by atoms with van der Waals surface area (Å²) in [5.74, 6) is 0.618. The van der Waals surface area contributed by atoms with E-state index in [9.17, 15) is 4.79 Å². The Morgan fingerprint density at radius 2 is 2.44 bits per heavy atom. The first-order chi connectivity index (χ1) is 7.79. The molecule has 0 spiro atoms. The largest absolute Gasteiger partial charge is 0.396 e. The fourth-order valence-corrected chi connectivity index (χ4v) is 1.97. The van der Waals surface area contributed by atoms with Gasteiger partial charge in [0.05, 0.1) is 6.42 Å². The smallest absolute Gasteiger partial charge is 0.226 e. The third-order valence-corrected chi connectivity index (χ3v) is 2.99. The summed E-state index contributed by atoms with van der Waals surface area (Å²) >= 11 is 0. The summed E-state index contributed by atoms with van der Waals surface area (Å²) in [6.07, 6.45) is 5.22. The van der Waals surface area contributed by atoms with Gasteiger partial charge in [-0.25, -0.2) is 0 Å². The van der Waals surface area contributed by atoms with Crippen molar-refractivity contribution in [3.05, 3.63) is 24.0 Å². The fraction of sp³-hybridized carbons (Fsp3) is 0.583. The lowest BCUT2D eigenvalue weighted by atomic mass is 10.1. The lowest BCUT2D eigenvalue weighted by Crippen LogP contribution is -2.38. The number of nitrogens with one attached hydrogen (secondary N) is 2. The van der Waals surface area contributed by atoms with Gasteiger partial charge in [-0.15, -0.1) is 0 Å². The van der Waals surface area contributed by atoms with Crippen LogP contribution in [-0.2, 0) is 11.2 Å². The first-order valence-electron chi connectivity index (χ1n) is 5.82. The number of carbonyl (C=O) groups excluding carboxylic acids is 1. The summed E-state index contributed by atoms with van der Waals surface area (Å²) < 4.78 is 0. The molecule has 1 aliphatic rings. The Morgan fingerprint density at radius 1 is 1.62 bits per heavy atom.